The standard InChI is InChI=1S/C16H17NO4/c1-10(11-3-5-15(21-2)6-4-11)17-16(20)12-7-13(18)9-14(19)8-12/h3-10,18-19H,1-2H3,(H,17,20). The van der Waals surface area contributed by atoms with Crippen LogP contribution in [-0.2, 0) is 0 Å². The van der Waals surface area contributed by atoms with Crippen molar-refractivity contribution in [2.24, 2.45) is 0 Å². The number of nitrogens with one attached hydrogen (secondary N) is 1. The Morgan fingerprint density at radius 1 is 1.10 bits per heavy atom. The lowest BCUT2D eigenvalue weighted by molar-refractivity contribution is 0.0939. The van der Waals surface area contributed by atoms with E-state index in [0.717, 1.165) is 11.3 Å². The predicted molar refractivity (Wildman–Crippen MR) is 78.6 cm³/mol. The predicted octanol–water partition coefficient (Wildman–Crippen LogP) is 2.60. The van der Waals surface area contributed by atoms with Crippen molar-refractivity contribution in [3.05, 3.63) is 53.6 Å². The molecule has 0 spiro atoms. The molecule has 0 heterocycles. The molecule has 110 valence electrons. The first-order valence-electron chi connectivity index (χ1n) is 6.47. The van der Waals surface area contributed by atoms with E-state index >= 15 is 0 Å². The Hall–Kier alpha value is -2.69. The summed E-state index contributed by atoms with van der Waals surface area (Å²) in [5, 5.41) is 21.6. The maximum Gasteiger partial charge on any atom is 0.252 e. The summed E-state index contributed by atoms with van der Waals surface area (Å²) in [5.41, 5.74) is 1.13. The summed E-state index contributed by atoms with van der Waals surface area (Å²) in [6.45, 7) is 1.85. The molecule has 5 heteroatoms. The van der Waals surface area contributed by atoms with Crippen molar-refractivity contribution in [3.63, 3.8) is 0 Å². The minimum absolute atomic E-state index is 0.155. The first-order chi connectivity index (χ1) is 9.99. The molecule has 3 N–H and O–H groups in total. The van der Waals surface area contributed by atoms with Gasteiger partial charge in [-0.3, -0.25) is 4.79 Å². The topological polar surface area (TPSA) is 78.8 Å². The molecule has 21 heavy (non-hydrogen) atoms. The Labute approximate surface area is 122 Å². The summed E-state index contributed by atoms with van der Waals surface area (Å²) >= 11 is 0. The molecule has 0 aliphatic heterocycles. The van der Waals surface area contributed by atoms with Crippen LogP contribution in [0.5, 0.6) is 17.2 Å². The first-order valence-corrected chi connectivity index (χ1v) is 6.47. The highest BCUT2D eigenvalue weighted by Crippen LogP contribution is 2.22. The molecule has 1 amide bonds. The SMILES string of the molecule is COc1ccc(C(C)NC(=O)c2cc(O)cc(O)c2)cc1. The second-order valence-corrected chi connectivity index (χ2v) is 4.71. The number of hydrogen-bond donors (Lipinski definition) is 3. The van der Waals surface area contributed by atoms with Crippen LogP contribution < -0.4 is 10.1 Å². The number of phenols is 2. The number of rotatable bonds is 4. The van der Waals surface area contributed by atoms with Crippen LogP contribution in [0.1, 0.15) is 28.9 Å². The zero-order valence-electron chi connectivity index (χ0n) is 11.8. The largest absolute Gasteiger partial charge is 0.508 e. The number of ether oxygens (including phenoxy) is 1. The highest BCUT2D eigenvalue weighted by molar-refractivity contribution is 5.95. The number of phenolic OH excluding ortho intramolecular Hbond substituents is 2. The Morgan fingerprint density at radius 3 is 2.19 bits per heavy atom. The van der Waals surface area contributed by atoms with E-state index in [0.29, 0.717) is 0 Å². The number of carbonyl (C=O) groups excluding carboxylic acids is 1. The van der Waals surface area contributed by atoms with Crippen LogP contribution in [-0.4, -0.2) is 23.2 Å². The second kappa shape index (κ2) is 6.17. The summed E-state index contributed by atoms with van der Waals surface area (Å²) < 4.78 is 5.08. The van der Waals surface area contributed by atoms with Crippen LogP contribution in [0.4, 0.5) is 0 Å². The van der Waals surface area contributed by atoms with Gasteiger partial charge >= 0.3 is 0 Å². The van der Waals surface area contributed by atoms with E-state index in [1.807, 2.05) is 31.2 Å². The normalized spacial score (nSPS) is 11.7. The maximum absolute atomic E-state index is 12.1. The fourth-order valence-electron chi connectivity index (χ4n) is 1.98. The summed E-state index contributed by atoms with van der Waals surface area (Å²) in [6, 6.07) is 10.9. The van der Waals surface area contributed by atoms with Crippen LogP contribution >= 0.6 is 0 Å². The summed E-state index contributed by atoms with van der Waals surface area (Å²) in [7, 11) is 1.59. The van der Waals surface area contributed by atoms with E-state index in [2.05, 4.69) is 5.32 Å². The third-order valence-corrected chi connectivity index (χ3v) is 3.13. The lowest BCUT2D eigenvalue weighted by Gasteiger charge is -2.15. The lowest BCUT2D eigenvalue weighted by atomic mass is 10.1. The van der Waals surface area contributed by atoms with E-state index in [9.17, 15) is 15.0 Å². The summed E-state index contributed by atoms with van der Waals surface area (Å²) in [5.74, 6) is 0.0641. The second-order valence-electron chi connectivity index (χ2n) is 4.71. The molecule has 5 nitrogen and oxygen atoms in total. The monoisotopic (exact) mass is 287 g/mol. The van der Waals surface area contributed by atoms with Gasteiger partial charge in [0.1, 0.15) is 17.2 Å². The summed E-state index contributed by atoms with van der Waals surface area (Å²) in [6.07, 6.45) is 0. The summed E-state index contributed by atoms with van der Waals surface area (Å²) in [4.78, 5) is 12.1. The molecule has 2 aromatic carbocycles. The van der Waals surface area contributed by atoms with Crippen LogP contribution in [0.2, 0.25) is 0 Å². The van der Waals surface area contributed by atoms with Crippen molar-refractivity contribution >= 4 is 5.91 Å². The van der Waals surface area contributed by atoms with E-state index in [-0.39, 0.29) is 29.0 Å². The Balaban J connectivity index is 2.10. The van der Waals surface area contributed by atoms with Gasteiger partial charge in [0.15, 0.2) is 0 Å². The molecule has 0 aliphatic carbocycles. The third kappa shape index (κ3) is 3.66. The van der Waals surface area contributed by atoms with Gasteiger partial charge in [0.05, 0.1) is 13.2 Å². The maximum atomic E-state index is 12.1. The number of methoxy groups -OCH3 is 1. The van der Waals surface area contributed by atoms with Crippen LogP contribution in [0, 0.1) is 0 Å². The minimum atomic E-state index is -0.371. The molecule has 2 aromatic rings. The molecular formula is C16H17NO4. The fraction of sp³-hybridized carbons (Fsp3) is 0.188. The molecule has 0 saturated heterocycles. The molecule has 0 bridgehead atoms. The van der Waals surface area contributed by atoms with E-state index in [1.165, 1.54) is 18.2 Å². The molecule has 0 fully saturated rings. The van der Waals surface area contributed by atoms with E-state index in [4.69, 9.17) is 4.74 Å². The van der Waals surface area contributed by atoms with E-state index < -0.39 is 0 Å². The van der Waals surface area contributed by atoms with Crippen LogP contribution in [0.25, 0.3) is 0 Å². The van der Waals surface area contributed by atoms with Gasteiger partial charge in [0.25, 0.3) is 5.91 Å². The first kappa shape index (κ1) is 14.7. The zero-order valence-corrected chi connectivity index (χ0v) is 11.8. The molecule has 1 unspecified atom stereocenters. The molecule has 0 saturated carbocycles. The van der Waals surface area contributed by atoms with Crippen LogP contribution in [0.3, 0.4) is 0 Å². The van der Waals surface area contributed by atoms with Gasteiger partial charge < -0.3 is 20.3 Å². The lowest BCUT2D eigenvalue weighted by Crippen LogP contribution is -2.26. The van der Waals surface area contributed by atoms with E-state index in [1.54, 1.807) is 7.11 Å². The van der Waals surface area contributed by atoms with Gasteiger partial charge in [-0.05, 0) is 36.8 Å². The quantitative estimate of drug-likeness (QED) is 0.807. The number of carbonyl (C=O) groups is 1. The third-order valence-electron chi connectivity index (χ3n) is 3.13. The number of hydrogen-bond acceptors (Lipinski definition) is 4. The molecule has 2 rings (SSSR count). The van der Waals surface area contributed by atoms with Crippen molar-refractivity contribution in [1.29, 1.82) is 0 Å². The number of aromatic hydroxyl groups is 2. The zero-order chi connectivity index (χ0) is 15.4. The van der Waals surface area contributed by atoms with Gasteiger partial charge in [0, 0.05) is 11.6 Å². The van der Waals surface area contributed by atoms with Gasteiger partial charge in [-0.2, -0.15) is 0 Å². The highest BCUT2D eigenvalue weighted by Gasteiger charge is 2.13. The van der Waals surface area contributed by atoms with Gasteiger partial charge in [-0.1, -0.05) is 12.1 Å². The Morgan fingerprint density at radius 2 is 1.67 bits per heavy atom. The smallest absolute Gasteiger partial charge is 0.252 e. The number of benzene rings is 2. The molecule has 0 radical (unpaired) electrons. The van der Waals surface area contributed by atoms with Crippen LogP contribution in [0.15, 0.2) is 42.5 Å². The minimum Gasteiger partial charge on any atom is -0.508 e. The van der Waals surface area contributed by atoms with Crippen molar-refractivity contribution in [2.75, 3.05) is 7.11 Å². The van der Waals surface area contributed by atoms with Crippen molar-refractivity contribution in [2.45, 2.75) is 13.0 Å². The fourth-order valence-corrected chi connectivity index (χ4v) is 1.98. The number of amides is 1. The van der Waals surface area contributed by atoms with Gasteiger partial charge in [-0.15, -0.1) is 0 Å². The van der Waals surface area contributed by atoms with Gasteiger partial charge in [0.2, 0.25) is 0 Å². The van der Waals surface area contributed by atoms with Gasteiger partial charge in [-0.25, -0.2) is 0 Å². The molecular weight excluding hydrogens is 270 g/mol. The molecule has 0 aromatic heterocycles. The van der Waals surface area contributed by atoms with Crippen molar-refractivity contribution in [3.8, 4) is 17.2 Å². The molecule has 0 aliphatic rings. The molecule has 1 atom stereocenters. The van der Waals surface area contributed by atoms with Crippen molar-refractivity contribution < 1.29 is 19.7 Å². The average Bonchev–Trinajstić information content (AvgIpc) is 2.46. The Bertz CT molecular complexity index is 617. The van der Waals surface area contributed by atoms with Crippen molar-refractivity contribution in [1.82, 2.24) is 5.32 Å². The average molecular weight is 287 g/mol. The Kier molecular flexibility index (Phi) is 4.33. The highest BCUT2D eigenvalue weighted by atomic mass is 16.5.